The van der Waals surface area contributed by atoms with E-state index in [4.69, 9.17) is 4.74 Å². The zero-order valence-corrected chi connectivity index (χ0v) is 15.3. The fourth-order valence-corrected chi connectivity index (χ4v) is 3.66. The van der Waals surface area contributed by atoms with Crippen LogP contribution in [-0.2, 0) is 17.9 Å². The lowest BCUT2D eigenvalue weighted by Crippen LogP contribution is -2.42. The molecule has 3 rings (SSSR count). The van der Waals surface area contributed by atoms with Crippen LogP contribution in [0.3, 0.4) is 0 Å². The quantitative estimate of drug-likeness (QED) is 0.792. The van der Waals surface area contributed by atoms with E-state index >= 15 is 0 Å². The molecule has 1 atom stereocenters. The second-order valence-electron chi connectivity index (χ2n) is 6.34. The molecule has 1 aromatic carbocycles. The molecule has 0 spiro atoms. The van der Waals surface area contributed by atoms with Crippen molar-refractivity contribution in [3.63, 3.8) is 0 Å². The highest BCUT2D eigenvalue weighted by molar-refractivity contribution is 7.09. The topological polar surface area (TPSA) is 45.7 Å². The van der Waals surface area contributed by atoms with Gasteiger partial charge in [0.15, 0.2) is 0 Å². The predicted octanol–water partition coefficient (Wildman–Crippen LogP) is 2.91. The number of rotatable bonds is 6. The van der Waals surface area contributed by atoms with Crippen LogP contribution in [0.15, 0.2) is 29.6 Å². The zero-order chi connectivity index (χ0) is 17.8. The summed E-state index contributed by atoms with van der Waals surface area (Å²) in [7, 11) is 3.60. The van der Waals surface area contributed by atoms with Crippen LogP contribution >= 0.6 is 11.3 Å². The molecule has 1 saturated heterocycles. The summed E-state index contributed by atoms with van der Waals surface area (Å²) in [5, 5.41) is 2.88. The van der Waals surface area contributed by atoms with E-state index in [-0.39, 0.29) is 17.8 Å². The Balaban J connectivity index is 1.56. The first-order chi connectivity index (χ1) is 12.0. The molecule has 0 aliphatic carbocycles. The van der Waals surface area contributed by atoms with Gasteiger partial charge in [-0.1, -0.05) is 0 Å². The van der Waals surface area contributed by atoms with E-state index in [9.17, 15) is 9.18 Å². The summed E-state index contributed by atoms with van der Waals surface area (Å²) in [5.74, 6) is 0.498. The number of benzene rings is 1. The largest absolute Gasteiger partial charge is 0.486 e. The molecule has 0 radical (unpaired) electrons. The van der Waals surface area contributed by atoms with Crippen LogP contribution < -0.4 is 4.74 Å². The Labute approximate surface area is 151 Å². The van der Waals surface area contributed by atoms with Gasteiger partial charge < -0.3 is 9.64 Å². The highest BCUT2D eigenvalue weighted by atomic mass is 32.1. The molecule has 0 N–H and O–H groups in total. The van der Waals surface area contributed by atoms with Gasteiger partial charge in [-0.15, -0.1) is 11.3 Å². The molecule has 1 amide bonds. The third kappa shape index (κ3) is 4.55. The second kappa shape index (κ2) is 7.93. The summed E-state index contributed by atoms with van der Waals surface area (Å²) in [5.41, 5.74) is 0.959. The van der Waals surface area contributed by atoms with Crippen LogP contribution in [0.25, 0.3) is 0 Å². The Bertz CT molecular complexity index is 717. The van der Waals surface area contributed by atoms with Crippen LogP contribution in [0, 0.1) is 5.82 Å². The summed E-state index contributed by atoms with van der Waals surface area (Å²) < 4.78 is 18.5. The van der Waals surface area contributed by atoms with Crippen molar-refractivity contribution >= 4 is 17.2 Å². The number of carbonyl (C=O) groups is 1. The molecular weight excluding hydrogens is 341 g/mol. The Morgan fingerprint density at radius 2 is 2.16 bits per heavy atom. The van der Waals surface area contributed by atoms with E-state index < -0.39 is 0 Å². The maximum absolute atomic E-state index is 12.9. The smallest absolute Gasteiger partial charge is 0.239 e. The maximum atomic E-state index is 12.9. The van der Waals surface area contributed by atoms with Crippen molar-refractivity contribution in [1.29, 1.82) is 0 Å². The van der Waals surface area contributed by atoms with Gasteiger partial charge in [-0.2, -0.15) is 0 Å². The lowest BCUT2D eigenvalue weighted by Gasteiger charge is -2.25. The van der Waals surface area contributed by atoms with Crippen LogP contribution in [0.2, 0.25) is 0 Å². The molecule has 134 valence electrons. The van der Waals surface area contributed by atoms with Crippen molar-refractivity contribution in [3.8, 4) is 5.75 Å². The zero-order valence-electron chi connectivity index (χ0n) is 14.4. The van der Waals surface area contributed by atoms with Gasteiger partial charge in [0.2, 0.25) is 5.91 Å². The number of hydrogen-bond acceptors (Lipinski definition) is 5. The Hall–Kier alpha value is -1.99. The number of carbonyl (C=O) groups excluding carboxylic acids is 1. The molecule has 0 saturated carbocycles. The molecule has 2 heterocycles. The number of aromatic nitrogens is 1. The normalized spacial score (nSPS) is 17.6. The SMILES string of the molecule is CN(C)C(=O)[C@@H]1CCCN1Cc1csc(COc2ccc(F)cc2)n1. The molecule has 2 aromatic rings. The molecule has 1 aliphatic heterocycles. The van der Waals surface area contributed by atoms with E-state index in [2.05, 4.69) is 9.88 Å². The number of nitrogens with zero attached hydrogens (tertiary/aromatic N) is 3. The number of ether oxygens (including phenoxy) is 1. The first-order valence-electron chi connectivity index (χ1n) is 8.30. The van der Waals surface area contributed by atoms with E-state index in [1.165, 1.54) is 23.5 Å². The van der Waals surface area contributed by atoms with Gasteiger partial charge in [0.05, 0.1) is 11.7 Å². The molecular formula is C18H22FN3O2S. The van der Waals surface area contributed by atoms with Crippen LogP contribution in [0.5, 0.6) is 5.75 Å². The fraction of sp³-hybridized carbons (Fsp3) is 0.444. The average Bonchev–Trinajstić information content (AvgIpc) is 3.23. The third-order valence-electron chi connectivity index (χ3n) is 4.23. The highest BCUT2D eigenvalue weighted by Gasteiger charge is 2.31. The van der Waals surface area contributed by atoms with Crippen molar-refractivity contribution < 1.29 is 13.9 Å². The van der Waals surface area contributed by atoms with Crippen molar-refractivity contribution in [1.82, 2.24) is 14.8 Å². The molecule has 1 fully saturated rings. The maximum Gasteiger partial charge on any atom is 0.239 e. The van der Waals surface area contributed by atoms with Crippen LogP contribution in [0.1, 0.15) is 23.5 Å². The summed E-state index contributed by atoms with van der Waals surface area (Å²) in [6, 6.07) is 5.91. The molecule has 1 aromatic heterocycles. The first kappa shape index (κ1) is 17.8. The van der Waals surface area contributed by atoms with Crippen molar-refractivity contribution in [2.75, 3.05) is 20.6 Å². The summed E-state index contributed by atoms with van der Waals surface area (Å²) in [4.78, 5) is 20.7. The van der Waals surface area contributed by atoms with E-state index in [1.807, 2.05) is 5.38 Å². The van der Waals surface area contributed by atoms with Crippen molar-refractivity contribution in [2.24, 2.45) is 0 Å². The first-order valence-corrected chi connectivity index (χ1v) is 9.18. The van der Waals surface area contributed by atoms with Gasteiger partial charge in [-0.3, -0.25) is 9.69 Å². The molecule has 1 aliphatic rings. The van der Waals surface area contributed by atoms with Crippen molar-refractivity contribution in [2.45, 2.75) is 32.0 Å². The Morgan fingerprint density at radius 1 is 1.40 bits per heavy atom. The van der Waals surface area contributed by atoms with E-state index in [0.29, 0.717) is 18.9 Å². The molecule has 5 nitrogen and oxygen atoms in total. The Morgan fingerprint density at radius 3 is 2.88 bits per heavy atom. The number of amides is 1. The number of hydrogen-bond donors (Lipinski definition) is 0. The monoisotopic (exact) mass is 363 g/mol. The number of likely N-dealkylation sites (N-methyl/N-ethyl adjacent to an activating group) is 1. The molecule has 0 unspecified atom stereocenters. The standard InChI is InChI=1S/C18H22FN3O2S/c1-21(2)18(23)16-4-3-9-22(16)10-14-12-25-17(20-14)11-24-15-7-5-13(19)6-8-15/h5-8,12,16H,3-4,9-11H2,1-2H3/t16-/m0/s1. The lowest BCUT2D eigenvalue weighted by molar-refractivity contribution is -0.133. The van der Waals surface area contributed by atoms with Gasteiger partial charge in [0.25, 0.3) is 0 Å². The molecule has 0 bridgehead atoms. The highest BCUT2D eigenvalue weighted by Crippen LogP contribution is 2.23. The van der Waals surface area contributed by atoms with Gasteiger partial charge in [-0.25, -0.2) is 9.37 Å². The third-order valence-corrected chi connectivity index (χ3v) is 5.10. The van der Waals surface area contributed by atoms with Crippen molar-refractivity contribution in [3.05, 3.63) is 46.2 Å². The predicted molar refractivity (Wildman–Crippen MR) is 95.0 cm³/mol. The summed E-state index contributed by atoms with van der Waals surface area (Å²) >= 11 is 1.54. The number of halogens is 1. The summed E-state index contributed by atoms with van der Waals surface area (Å²) in [6.45, 7) is 1.96. The van der Waals surface area contributed by atoms with Gasteiger partial charge >= 0.3 is 0 Å². The molecule has 7 heteroatoms. The minimum atomic E-state index is -0.281. The average molecular weight is 363 g/mol. The van der Waals surface area contributed by atoms with E-state index in [1.54, 1.807) is 31.1 Å². The van der Waals surface area contributed by atoms with Crippen LogP contribution in [0.4, 0.5) is 4.39 Å². The number of thiazole rings is 1. The summed E-state index contributed by atoms with van der Waals surface area (Å²) in [6.07, 6.45) is 1.94. The second-order valence-corrected chi connectivity index (χ2v) is 7.28. The fourth-order valence-electron chi connectivity index (χ4n) is 2.96. The minimum absolute atomic E-state index is 0.0457. The molecule has 25 heavy (non-hydrogen) atoms. The number of likely N-dealkylation sites (tertiary alicyclic amines) is 1. The van der Waals surface area contributed by atoms with Gasteiger partial charge in [0, 0.05) is 26.0 Å². The minimum Gasteiger partial charge on any atom is -0.486 e. The Kier molecular flexibility index (Phi) is 5.65. The van der Waals surface area contributed by atoms with Crippen LogP contribution in [-0.4, -0.2) is 47.4 Å². The van der Waals surface area contributed by atoms with Gasteiger partial charge in [0.1, 0.15) is 23.2 Å². The van der Waals surface area contributed by atoms with E-state index in [0.717, 1.165) is 30.1 Å². The lowest BCUT2D eigenvalue weighted by atomic mass is 10.2. The van der Waals surface area contributed by atoms with Gasteiger partial charge in [-0.05, 0) is 43.7 Å².